The third kappa shape index (κ3) is 5.31. The number of rotatable bonds is 7. The largest absolute Gasteiger partial charge is 0.387 e. The van der Waals surface area contributed by atoms with Crippen LogP contribution < -0.4 is 16.4 Å². The summed E-state index contributed by atoms with van der Waals surface area (Å²) in [5.74, 6) is -0.461. The van der Waals surface area contributed by atoms with E-state index in [0.717, 1.165) is 30.5 Å². The maximum absolute atomic E-state index is 12.5. The van der Waals surface area contributed by atoms with E-state index in [1.807, 2.05) is 66.9 Å². The molecule has 0 saturated carbocycles. The van der Waals surface area contributed by atoms with E-state index in [9.17, 15) is 9.90 Å². The first-order chi connectivity index (χ1) is 15.0. The molecule has 0 unspecified atom stereocenters. The van der Waals surface area contributed by atoms with Gasteiger partial charge in [0.25, 0.3) is 0 Å². The summed E-state index contributed by atoms with van der Waals surface area (Å²) in [6.07, 6.45) is 2.38. The van der Waals surface area contributed by atoms with Crippen LogP contribution in [0.4, 0.5) is 10.8 Å². The summed E-state index contributed by atoms with van der Waals surface area (Å²) in [5, 5.41) is 19.5. The van der Waals surface area contributed by atoms with Crippen LogP contribution in [0, 0.1) is 0 Å². The molecule has 5 N–H and O–H groups in total. The summed E-state index contributed by atoms with van der Waals surface area (Å²) in [6.45, 7) is 1.82. The molecule has 1 amide bonds. The number of thiazole rings is 1. The molecule has 0 aliphatic carbocycles. The molecule has 3 aromatic rings. The molecule has 2 aromatic carbocycles. The Bertz CT molecular complexity index is 1010. The summed E-state index contributed by atoms with van der Waals surface area (Å²) in [4.78, 5) is 16.7. The zero-order valence-electron chi connectivity index (χ0n) is 17.5. The van der Waals surface area contributed by atoms with Gasteiger partial charge in [0, 0.05) is 23.2 Å². The molecular weight excluding hydrogens is 408 g/mol. The minimum Gasteiger partial charge on any atom is -0.387 e. The highest BCUT2D eigenvalue weighted by Gasteiger charge is 2.29. The SMILES string of the molecule is C[C@H](C(=O)Nc1ccc(C[C@@H]2CC[C@H]([C@H](O)c3ccccc3)N2)cc1)c1csc(N)n1. The quantitative estimate of drug-likeness (QED) is 0.451. The zero-order chi connectivity index (χ0) is 21.8. The fourth-order valence-corrected chi connectivity index (χ4v) is 4.69. The number of amides is 1. The molecule has 1 aliphatic heterocycles. The number of carbonyl (C=O) groups is 1. The van der Waals surface area contributed by atoms with Gasteiger partial charge >= 0.3 is 0 Å². The second-order valence-electron chi connectivity index (χ2n) is 8.13. The van der Waals surface area contributed by atoms with Crippen molar-refractivity contribution >= 4 is 28.1 Å². The second kappa shape index (κ2) is 9.60. The number of carbonyl (C=O) groups excluding carboxylic acids is 1. The molecule has 1 fully saturated rings. The van der Waals surface area contributed by atoms with Crippen molar-refractivity contribution in [2.45, 2.75) is 50.3 Å². The Morgan fingerprint density at radius 3 is 2.65 bits per heavy atom. The Balaban J connectivity index is 1.29. The monoisotopic (exact) mass is 436 g/mol. The molecular formula is C24H28N4O2S. The molecule has 0 radical (unpaired) electrons. The van der Waals surface area contributed by atoms with E-state index in [0.29, 0.717) is 16.9 Å². The van der Waals surface area contributed by atoms with E-state index in [1.54, 1.807) is 0 Å². The lowest BCUT2D eigenvalue weighted by atomic mass is 10.0. The third-order valence-corrected chi connectivity index (χ3v) is 6.57. The highest BCUT2D eigenvalue weighted by molar-refractivity contribution is 7.13. The van der Waals surface area contributed by atoms with Gasteiger partial charge < -0.3 is 21.5 Å². The summed E-state index contributed by atoms with van der Waals surface area (Å²) < 4.78 is 0. The summed E-state index contributed by atoms with van der Waals surface area (Å²) in [6, 6.07) is 18.2. The summed E-state index contributed by atoms with van der Waals surface area (Å²) in [7, 11) is 0. The molecule has 4 rings (SSSR count). The first kappa shape index (κ1) is 21.5. The molecule has 2 heterocycles. The summed E-state index contributed by atoms with van der Waals surface area (Å²) >= 11 is 1.34. The van der Waals surface area contributed by atoms with Crippen molar-refractivity contribution in [1.82, 2.24) is 10.3 Å². The van der Waals surface area contributed by atoms with Gasteiger partial charge in [-0.25, -0.2) is 4.98 Å². The molecule has 1 aliphatic rings. The number of aliphatic hydroxyl groups is 1. The van der Waals surface area contributed by atoms with Crippen LogP contribution in [-0.2, 0) is 11.2 Å². The highest BCUT2D eigenvalue weighted by Crippen LogP contribution is 2.27. The van der Waals surface area contributed by atoms with E-state index >= 15 is 0 Å². The fourth-order valence-electron chi connectivity index (χ4n) is 4.04. The smallest absolute Gasteiger partial charge is 0.233 e. The van der Waals surface area contributed by atoms with Crippen molar-refractivity contribution in [3.05, 3.63) is 76.8 Å². The first-order valence-corrected chi connectivity index (χ1v) is 11.5. The molecule has 31 heavy (non-hydrogen) atoms. The van der Waals surface area contributed by atoms with Gasteiger partial charge in [-0.15, -0.1) is 11.3 Å². The van der Waals surface area contributed by atoms with E-state index in [4.69, 9.17) is 5.73 Å². The Morgan fingerprint density at radius 2 is 1.97 bits per heavy atom. The molecule has 1 saturated heterocycles. The van der Waals surface area contributed by atoms with E-state index < -0.39 is 6.10 Å². The van der Waals surface area contributed by atoms with Crippen LogP contribution in [-0.4, -0.2) is 28.1 Å². The number of hydrogen-bond acceptors (Lipinski definition) is 6. The average Bonchev–Trinajstić information content (AvgIpc) is 3.44. The Labute approximate surface area is 186 Å². The normalized spacial score (nSPS) is 20.3. The minimum absolute atomic E-state index is 0.0761. The van der Waals surface area contributed by atoms with Gasteiger partial charge in [-0.2, -0.15) is 0 Å². The van der Waals surface area contributed by atoms with Crippen molar-refractivity contribution in [3.63, 3.8) is 0 Å². The Morgan fingerprint density at radius 1 is 1.23 bits per heavy atom. The second-order valence-corrected chi connectivity index (χ2v) is 9.02. The lowest BCUT2D eigenvalue weighted by molar-refractivity contribution is -0.117. The van der Waals surface area contributed by atoms with Crippen LogP contribution in [0.15, 0.2) is 60.0 Å². The van der Waals surface area contributed by atoms with E-state index in [1.165, 1.54) is 16.9 Å². The predicted octanol–water partition coefficient (Wildman–Crippen LogP) is 3.86. The van der Waals surface area contributed by atoms with Gasteiger partial charge in [0.05, 0.1) is 17.7 Å². The Hall–Kier alpha value is -2.74. The number of hydrogen-bond donors (Lipinski definition) is 4. The van der Waals surface area contributed by atoms with Crippen LogP contribution in [0.1, 0.15) is 48.6 Å². The maximum Gasteiger partial charge on any atom is 0.233 e. The van der Waals surface area contributed by atoms with Gasteiger partial charge in [0.2, 0.25) is 5.91 Å². The van der Waals surface area contributed by atoms with Crippen LogP contribution in [0.2, 0.25) is 0 Å². The fraction of sp³-hybridized carbons (Fsp3) is 0.333. The molecule has 1 aromatic heterocycles. The highest BCUT2D eigenvalue weighted by atomic mass is 32.1. The Kier molecular flexibility index (Phi) is 6.65. The third-order valence-electron chi connectivity index (χ3n) is 5.88. The molecule has 162 valence electrons. The molecule has 7 heteroatoms. The van der Waals surface area contributed by atoms with Crippen molar-refractivity contribution in [3.8, 4) is 0 Å². The first-order valence-electron chi connectivity index (χ1n) is 10.6. The molecule has 0 bridgehead atoms. The van der Waals surface area contributed by atoms with Crippen LogP contribution in [0.3, 0.4) is 0 Å². The van der Waals surface area contributed by atoms with Crippen LogP contribution in [0.5, 0.6) is 0 Å². The van der Waals surface area contributed by atoms with Gasteiger partial charge in [-0.1, -0.05) is 42.5 Å². The number of aromatic nitrogens is 1. The number of nitrogens with two attached hydrogens (primary N) is 1. The lowest BCUT2D eigenvalue weighted by Gasteiger charge is -2.20. The number of aliphatic hydroxyl groups excluding tert-OH is 1. The van der Waals surface area contributed by atoms with Crippen molar-refractivity contribution < 1.29 is 9.90 Å². The minimum atomic E-state index is -0.487. The van der Waals surface area contributed by atoms with Crippen LogP contribution >= 0.6 is 11.3 Å². The van der Waals surface area contributed by atoms with Gasteiger partial charge in [0.1, 0.15) is 0 Å². The lowest BCUT2D eigenvalue weighted by Crippen LogP contribution is -2.35. The number of anilines is 2. The molecule has 0 spiro atoms. The molecule has 4 atom stereocenters. The number of nitrogens with one attached hydrogen (secondary N) is 2. The number of nitrogen functional groups attached to an aromatic ring is 1. The van der Waals surface area contributed by atoms with Crippen molar-refractivity contribution in [2.75, 3.05) is 11.1 Å². The van der Waals surface area contributed by atoms with Gasteiger partial charge in [-0.3, -0.25) is 4.79 Å². The van der Waals surface area contributed by atoms with Gasteiger partial charge in [0.15, 0.2) is 5.13 Å². The van der Waals surface area contributed by atoms with Crippen molar-refractivity contribution in [2.24, 2.45) is 0 Å². The predicted molar refractivity (Wildman–Crippen MR) is 125 cm³/mol. The maximum atomic E-state index is 12.5. The van der Waals surface area contributed by atoms with E-state index in [2.05, 4.69) is 15.6 Å². The topological polar surface area (TPSA) is 100 Å². The van der Waals surface area contributed by atoms with Crippen molar-refractivity contribution in [1.29, 1.82) is 0 Å². The zero-order valence-corrected chi connectivity index (χ0v) is 18.3. The van der Waals surface area contributed by atoms with E-state index in [-0.39, 0.29) is 17.9 Å². The van der Waals surface area contributed by atoms with Crippen LogP contribution in [0.25, 0.3) is 0 Å². The van der Waals surface area contributed by atoms with Gasteiger partial charge in [-0.05, 0) is 49.4 Å². The number of nitrogens with zero attached hydrogens (tertiary/aromatic N) is 1. The number of benzene rings is 2. The average molecular weight is 437 g/mol. The molecule has 6 nitrogen and oxygen atoms in total. The summed E-state index contributed by atoms with van der Waals surface area (Å²) in [5.41, 5.74) is 9.27. The standard InChI is InChI=1S/C24H28N4O2S/c1-15(21-14-31-24(25)28-21)23(30)27-18-9-7-16(8-10-18)13-19-11-12-20(26-19)22(29)17-5-3-2-4-6-17/h2-10,14-15,19-20,22,26,29H,11-13H2,1H3,(H2,25,28)(H,27,30)/t15-,19-,20+,22+/m0/s1.